The predicted octanol–water partition coefficient (Wildman–Crippen LogP) is -0.674. The number of aliphatic hydroxyl groups excluding tert-OH is 1. The number of rotatable bonds is 6. The highest BCUT2D eigenvalue weighted by atomic mass is 16.4. The van der Waals surface area contributed by atoms with Crippen molar-refractivity contribution in [2.24, 2.45) is 5.92 Å². The molecule has 0 spiro atoms. The van der Waals surface area contributed by atoms with Crippen molar-refractivity contribution in [2.75, 3.05) is 13.1 Å². The van der Waals surface area contributed by atoms with Gasteiger partial charge in [-0.05, 0) is 31.7 Å². The third kappa shape index (κ3) is 5.14. The van der Waals surface area contributed by atoms with E-state index in [1.165, 1.54) is 6.92 Å². The molecule has 0 radical (unpaired) electrons. The van der Waals surface area contributed by atoms with Gasteiger partial charge in [-0.2, -0.15) is 0 Å². The molecule has 4 N–H and O–H groups in total. The van der Waals surface area contributed by atoms with Gasteiger partial charge in [0.15, 0.2) is 0 Å². The van der Waals surface area contributed by atoms with E-state index in [0.717, 1.165) is 19.3 Å². The number of carbonyl (C=O) groups is 2. The Labute approximate surface area is 100 Å². The van der Waals surface area contributed by atoms with Gasteiger partial charge in [0.1, 0.15) is 6.04 Å². The largest absolute Gasteiger partial charge is 0.480 e. The molecular formula is C11H20N2O4. The average Bonchev–Trinajstić information content (AvgIpc) is 2.62. The quantitative estimate of drug-likeness (QED) is 0.496. The molecule has 1 saturated carbocycles. The molecule has 0 saturated heterocycles. The van der Waals surface area contributed by atoms with Crippen LogP contribution in [0.3, 0.4) is 0 Å². The van der Waals surface area contributed by atoms with Gasteiger partial charge in [-0.25, -0.2) is 4.79 Å². The van der Waals surface area contributed by atoms with Crippen molar-refractivity contribution < 1.29 is 19.8 Å². The number of hydrogen-bond donors (Lipinski definition) is 4. The zero-order valence-electron chi connectivity index (χ0n) is 9.98. The van der Waals surface area contributed by atoms with E-state index in [1.54, 1.807) is 0 Å². The first-order valence-electron chi connectivity index (χ1n) is 5.87. The van der Waals surface area contributed by atoms with Crippen LogP contribution in [0, 0.1) is 5.92 Å². The Morgan fingerprint density at radius 3 is 2.59 bits per heavy atom. The number of carbonyl (C=O) groups excluding carboxylic acids is 1. The summed E-state index contributed by atoms with van der Waals surface area (Å²) in [5, 5.41) is 23.6. The first kappa shape index (κ1) is 13.9. The van der Waals surface area contributed by atoms with Gasteiger partial charge in [0, 0.05) is 13.5 Å². The van der Waals surface area contributed by atoms with E-state index in [9.17, 15) is 14.7 Å². The Hall–Kier alpha value is -1.14. The molecule has 1 rings (SSSR count). The topological polar surface area (TPSA) is 98.7 Å². The Morgan fingerprint density at radius 1 is 1.41 bits per heavy atom. The highest BCUT2D eigenvalue weighted by Crippen LogP contribution is 2.24. The molecule has 0 aliphatic heterocycles. The maximum atomic E-state index is 10.8. The molecule has 17 heavy (non-hydrogen) atoms. The van der Waals surface area contributed by atoms with Crippen LogP contribution in [0.1, 0.15) is 26.2 Å². The molecule has 6 heteroatoms. The number of hydrogen-bond acceptors (Lipinski definition) is 4. The van der Waals surface area contributed by atoms with Crippen LogP contribution in [0.25, 0.3) is 0 Å². The Balaban J connectivity index is 2.22. The SMILES string of the molecule is CC(=O)NC(CNCC1CCC(O)C1)C(=O)O. The van der Waals surface area contributed by atoms with E-state index in [2.05, 4.69) is 10.6 Å². The van der Waals surface area contributed by atoms with Crippen molar-refractivity contribution in [3.8, 4) is 0 Å². The van der Waals surface area contributed by atoms with Crippen molar-refractivity contribution in [2.45, 2.75) is 38.3 Å². The van der Waals surface area contributed by atoms with Gasteiger partial charge in [-0.15, -0.1) is 0 Å². The minimum absolute atomic E-state index is 0.210. The van der Waals surface area contributed by atoms with Crippen LogP contribution >= 0.6 is 0 Å². The Morgan fingerprint density at radius 2 is 2.12 bits per heavy atom. The number of nitrogens with one attached hydrogen (secondary N) is 2. The summed E-state index contributed by atoms with van der Waals surface area (Å²) in [5.41, 5.74) is 0. The zero-order valence-corrected chi connectivity index (χ0v) is 9.98. The van der Waals surface area contributed by atoms with Gasteiger partial charge in [-0.3, -0.25) is 4.79 Å². The van der Waals surface area contributed by atoms with E-state index < -0.39 is 12.0 Å². The minimum atomic E-state index is -1.04. The summed E-state index contributed by atoms with van der Waals surface area (Å²) in [6, 6.07) is -0.890. The number of carboxylic acid groups (broad SMARTS) is 1. The summed E-state index contributed by atoms with van der Waals surface area (Å²) in [7, 11) is 0. The molecule has 0 heterocycles. The molecule has 3 atom stereocenters. The second kappa shape index (κ2) is 6.56. The second-order valence-electron chi connectivity index (χ2n) is 4.58. The monoisotopic (exact) mass is 244 g/mol. The molecule has 0 aromatic carbocycles. The summed E-state index contributed by atoms with van der Waals surface area (Å²) in [5.74, 6) is -0.994. The van der Waals surface area contributed by atoms with E-state index in [-0.39, 0.29) is 18.6 Å². The van der Waals surface area contributed by atoms with Gasteiger partial charge in [-0.1, -0.05) is 0 Å². The molecule has 0 aromatic rings. The van der Waals surface area contributed by atoms with Crippen LogP contribution in [0.2, 0.25) is 0 Å². The highest BCUT2D eigenvalue weighted by molar-refractivity contribution is 5.82. The maximum absolute atomic E-state index is 10.8. The molecule has 3 unspecified atom stereocenters. The molecule has 98 valence electrons. The summed E-state index contributed by atoms with van der Waals surface area (Å²) >= 11 is 0. The first-order valence-corrected chi connectivity index (χ1v) is 5.87. The predicted molar refractivity (Wildman–Crippen MR) is 61.5 cm³/mol. The van der Waals surface area contributed by atoms with E-state index in [1.807, 2.05) is 0 Å². The van der Waals surface area contributed by atoms with E-state index in [0.29, 0.717) is 12.5 Å². The molecule has 0 aromatic heterocycles. The summed E-state index contributed by atoms with van der Waals surface area (Å²) < 4.78 is 0. The third-order valence-corrected chi connectivity index (χ3v) is 2.97. The molecule has 6 nitrogen and oxygen atoms in total. The number of aliphatic carboxylic acids is 1. The lowest BCUT2D eigenvalue weighted by Gasteiger charge is -2.16. The van der Waals surface area contributed by atoms with Crippen molar-refractivity contribution in [3.05, 3.63) is 0 Å². The summed E-state index contributed by atoms with van der Waals surface area (Å²) in [6.45, 7) is 2.19. The maximum Gasteiger partial charge on any atom is 0.327 e. The summed E-state index contributed by atoms with van der Waals surface area (Å²) in [6.07, 6.45) is 2.34. The summed E-state index contributed by atoms with van der Waals surface area (Å²) in [4.78, 5) is 21.6. The van der Waals surface area contributed by atoms with Crippen LogP contribution in [0.4, 0.5) is 0 Å². The van der Waals surface area contributed by atoms with Gasteiger partial charge in [0.2, 0.25) is 5.91 Å². The lowest BCUT2D eigenvalue weighted by atomic mass is 10.1. The lowest BCUT2D eigenvalue weighted by Crippen LogP contribution is -2.47. The minimum Gasteiger partial charge on any atom is -0.480 e. The standard InChI is InChI=1S/C11H20N2O4/c1-7(14)13-10(11(16)17)6-12-5-8-2-3-9(15)4-8/h8-10,12,15H,2-6H2,1H3,(H,13,14)(H,16,17). The van der Waals surface area contributed by atoms with Gasteiger partial charge >= 0.3 is 5.97 Å². The third-order valence-electron chi connectivity index (χ3n) is 2.97. The second-order valence-corrected chi connectivity index (χ2v) is 4.58. The van der Waals surface area contributed by atoms with Crippen molar-refractivity contribution in [1.82, 2.24) is 10.6 Å². The van der Waals surface area contributed by atoms with Crippen molar-refractivity contribution in [3.63, 3.8) is 0 Å². The Kier molecular flexibility index (Phi) is 5.37. The van der Waals surface area contributed by atoms with Gasteiger partial charge in [0.05, 0.1) is 6.10 Å². The number of carboxylic acids is 1. The Bertz CT molecular complexity index is 283. The van der Waals surface area contributed by atoms with Gasteiger partial charge in [0.25, 0.3) is 0 Å². The number of aliphatic hydroxyl groups is 1. The van der Waals surface area contributed by atoms with Crippen LogP contribution in [0.15, 0.2) is 0 Å². The molecule has 0 bridgehead atoms. The fourth-order valence-corrected chi connectivity index (χ4v) is 2.11. The fourth-order valence-electron chi connectivity index (χ4n) is 2.11. The first-order chi connectivity index (χ1) is 7.99. The number of amides is 1. The van der Waals surface area contributed by atoms with Gasteiger partial charge < -0.3 is 20.8 Å². The van der Waals surface area contributed by atoms with Crippen LogP contribution in [-0.4, -0.2) is 47.3 Å². The molecule has 1 amide bonds. The lowest BCUT2D eigenvalue weighted by molar-refractivity contribution is -0.141. The van der Waals surface area contributed by atoms with Crippen molar-refractivity contribution >= 4 is 11.9 Å². The zero-order chi connectivity index (χ0) is 12.8. The van der Waals surface area contributed by atoms with Crippen LogP contribution in [-0.2, 0) is 9.59 Å². The fraction of sp³-hybridized carbons (Fsp3) is 0.818. The van der Waals surface area contributed by atoms with E-state index in [4.69, 9.17) is 5.11 Å². The molecular weight excluding hydrogens is 224 g/mol. The smallest absolute Gasteiger partial charge is 0.327 e. The molecule has 1 fully saturated rings. The van der Waals surface area contributed by atoms with Crippen LogP contribution in [0.5, 0.6) is 0 Å². The molecule has 1 aliphatic rings. The van der Waals surface area contributed by atoms with Crippen LogP contribution < -0.4 is 10.6 Å². The van der Waals surface area contributed by atoms with Crippen molar-refractivity contribution in [1.29, 1.82) is 0 Å². The average molecular weight is 244 g/mol. The molecule has 1 aliphatic carbocycles. The normalized spacial score (nSPS) is 25.5. The van der Waals surface area contributed by atoms with E-state index >= 15 is 0 Å². The highest BCUT2D eigenvalue weighted by Gasteiger charge is 2.23.